The number of nitrogens with one attached hydrogen (secondary N) is 4. The lowest BCUT2D eigenvalue weighted by molar-refractivity contribution is -0.119. The molecule has 10 nitrogen and oxygen atoms in total. The predicted molar refractivity (Wildman–Crippen MR) is 142 cm³/mol. The molecule has 2 amide bonds. The summed E-state index contributed by atoms with van der Waals surface area (Å²) < 4.78 is 13.5. The average Bonchev–Trinajstić information content (AvgIpc) is 3.49. The number of fused-ring (bicyclic) bond motifs is 1. The quantitative estimate of drug-likeness (QED) is 0.443. The molecular formula is C27H31FN8O2. The Kier molecular flexibility index (Phi) is 7.10. The van der Waals surface area contributed by atoms with Gasteiger partial charge < -0.3 is 15.5 Å². The van der Waals surface area contributed by atoms with Gasteiger partial charge in [-0.3, -0.25) is 20.0 Å². The largest absolute Gasteiger partial charge is 0.351 e. The van der Waals surface area contributed by atoms with Gasteiger partial charge in [0.2, 0.25) is 0 Å². The molecule has 4 N–H and O–H groups in total. The minimum atomic E-state index is -0.383. The number of benzene rings is 2. The smallest absolute Gasteiger partial charge is 0.269 e. The molecule has 2 aromatic rings. The molecule has 0 spiro atoms. The van der Waals surface area contributed by atoms with Crippen LogP contribution in [0.3, 0.4) is 0 Å². The topological polar surface area (TPSA) is 113 Å². The average molecular weight is 519 g/mol. The molecule has 198 valence electrons. The number of nitrogens with zero attached hydrogens (tertiary/aromatic N) is 4. The molecule has 1 aliphatic carbocycles. The predicted octanol–water partition coefficient (Wildman–Crippen LogP) is 1.59. The molecular weight excluding hydrogens is 487 g/mol. The third-order valence-electron chi connectivity index (χ3n) is 6.87. The van der Waals surface area contributed by atoms with Crippen LogP contribution in [0.15, 0.2) is 58.3 Å². The fourth-order valence-electron chi connectivity index (χ4n) is 4.82. The number of carbonyl (C=O) groups excluding carboxylic acids is 2. The first-order valence-corrected chi connectivity index (χ1v) is 12.5. The van der Waals surface area contributed by atoms with E-state index in [1.807, 2.05) is 7.05 Å². The Morgan fingerprint density at radius 2 is 1.95 bits per heavy atom. The number of amidine groups is 1. The van der Waals surface area contributed by atoms with E-state index in [-0.39, 0.29) is 42.6 Å². The van der Waals surface area contributed by atoms with Gasteiger partial charge >= 0.3 is 0 Å². The van der Waals surface area contributed by atoms with Crippen LogP contribution >= 0.6 is 0 Å². The van der Waals surface area contributed by atoms with Crippen LogP contribution in [0.2, 0.25) is 0 Å². The highest BCUT2D eigenvalue weighted by Gasteiger charge is 2.28. The molecule has 2 aromatic carbocycles. The summed E-state index contributed by atoms with van der Waals surface area (Å²) in [6, 6.07) is 10.9. The zero-order valence-electron chi connectivity index (χ0n) is 21.6. The second-order valence-corrected chi connectivity index (χ2v) is 9.78. The van der Waals surface area contributed by atoms with Crippen molar-refractivity contribution >= 4 is 23.4 Å². The van der Waals surface area contributed by atoms with Crippen LogP contribution in [0.1, 0.15) is 40.3 Å². The fourth-order valence-corrected chi connectivity index (χ4v) is 4.82. The van der Waals surface area contributed by atoms with Crippen molar-refractivity contribution < 1.29 is 14.0 Å². The summed E-state index contributed by atoms with van der Waals surface area (Å²) in [5.74, 6) is -0.0725. The molecule has 0 saturated carbocycles. The molecule has 0 fully saturated rings. The Labute approximate surface area is 220 Å². The number of hydrogen-bond acceptors (Lipinski definition) is 8. The molecule has 0 aromatic heterocycles. The van der Waals surface area contributed by atoms with Crippen molar-refractivity contribution in [1.82, 2.24) is 31.6 Å². The molecule has 0 bridgehead atoms. The van der Waals surface area contributed by atoms with Crippen molar-refractivity contribution in [1.29, 1.82) is 0 Å². The molecule has 0 radical (unpaired) electrons. The van der Waals surface area contributed by atoms with Crippen LogP contribution in [-0.4, -0.2) is 54.1 Å². The van der Waals surface area contributed by atoms with E-state index < -0.39 is 0 Å². The Balaban J connectivity index is 1.21. The second kappa shape index (κ2) is 10.6. The molecule has 5 rings (SSSR count). The van der Waals surface area contributed by atoms with Crippen molar-refractivity contribution in [3.8, 4) is 0 Å². The van der Waals surface area contributed by atoms with E-state index >= 15 is 0 Å². The fraction of sp³-hybridized carbons (Fsp3) is 0.333. The van der Waals surface area contributed by atoms with Crippen molar-refractivity contribution in [2.24, 2.45) is 10.1 Å². The highest BCUT2D eigenvalue weighted by Crippen LogP contribution is 2.32. The number of amides is 2. The van der Waals surface area contributed by atoms with Gasteiger partial charge in [-0.15, -0.1) is 10.2 Å². The van der Waals surface area contributed by atoms with E-state index in [0.717, 1.165) is 35.4 Å². The van der Waals surface area contributed by atoms with Gasteiger partial charge in [0.15, 0.2) is 0 Å². The first-order chi connectivity index (χ1) is 18.3. The first kappa shape index (κ1) is 25.4. The second-order valence-electron chi connectivity index (χ2n) is 9.78. The van der Waals surface area contributed by atoms with E-state index in [4.69, 9.17) is 0 Å². The number of likely N-dealkylation sites (N-methyl/N-ethyl adjacent to an activating group) is 1. The summed E-state index contributed by atoms with van der Waals surface area (Å²) in [7, 11) is 3.62. The number of hydrogen-bond donors (Lipinski definition) is 4. The number of rotatable bonds is 7. The molecule has 11 heteroatoms. The highest BCUT2D eigenvalue weighted by molar-refractivity contribution is 6.44. The van der Waals surface area contributed by atoms with Crippen LogP contribution in [-0.2, 0) is 29.0 Å². The van der Waals surface area contributed by atoms with Crippen molar-refractivity contribution in [3.05, 3.63) is 81.8 Å². The van der Waals surface area contributed by atoms with Crippen LogP contribution in [0, 0.1) is 12.7 Å². The van der Waals surface area contributed by atoms with E-state index in [2.05, 4.69) is 49.9 Å². The number of aryl methyl sites for hydroxylation is 2. The summed E-state index contributed by atoms with van der Waals surface area (Å²) in [5.41, 5.74) is 11.3. The maximum absolute atomic E-state index is 13.5. The lowest BCUT2D eigenvalue weighted by Gasteiger charge is -2.25. The van der Waals surface area contributed by atoms with Crippen molar-refractivity contribution in [2.45, 2.75) is 38.8 Å². The number of hydrazone groups is 1. The summed E-state index contributed by atoms with van der Waals surface area (Å²) in [5, 5.41) is 11.9. The summed E-state index contributed by atoms with van der Waals surface area (Å²) >= 11 is 0. The monoisotopic (exact) mass is 518 g/mol. The Bertz CT molecular complexity index is 1370. The number of hydrazine groups is 2. The number of halogens is 1. The van der Waals surface area contributed by atoms with Crippen LogP contribution in [0.5, 0.6) is 0 Å². The van der Waals surface area contributed by atoms with Gasteiger partial charge in [0, 0.05) is 27.1 Å². The Morgan fingerprint density at radius 1 is 1.13 bits per heavy atom. The summed E-state index contributed by atoms with van der Waals surface area (Å²) in [6.45, 7) is 2.11. The van der Waals surface area contributed by atoms with Crippen LogP contribution < -0.4 is 21.6 Å². The minimum absolute atomic E-state index is 0.103. The van der Waals surface area contributed by atoms with Crippen LogP contribution in [0.25, 0.3) is 0 Å². The normalized spacial score (nSPS) is 18.6. The zero-order valence-corrected chi connectivity index (χ0v) is 21.6. The maximum Gasteiger partial charge on any atom is 0.269 e. The standard InChI is InChI=1S/C27H31FN8O2/c1-16-10-18(5-8-21(16)28)14-29-26(37)23-13-24(35(2)15-30-23)27(38)31-22-9-6-19-11-17(4-7-20(19)22)12-25-32-34-36(3)33-25/h4-5,7-8,10-11,13,22,34H,6,9,12,14-15H2,1-3H3,(H,29,37)(H,31,38)(H,32,33)/t22-/m0/s1. The van der Waals surface area contributed by atoms with E-state index in [1.54, 1.807) is 36.1 Å². The lowest BCUT2D eigenvalue weighted by atomic mass is 10.0. The Hall–Kier alpha value is -4.25. The van der Waals surface area contributed by atoms with Gasteiger partial charge in [0.1, 0.15) is 29.7 Å². The molecule has 3 aliphatic rings. The van der Waals surface area contributed by atoms with E-state index in [0.29, 0.717) is 17.7 Å². The first-order valence-electron chi connectivity index (χ1n) is 12.5. The molecule has 1 atom stereocenters. The van der Waals surface area contributed by atoms with Gasteiger partial charge in [-0.25, -0.2) is 9.93 Å². The summed E-state index contributed by atoms with van der Waals surface area (Å²) in [6.07, 6.45) is 3.89. The van der Waals surface area contributed by atoms with Crippen molar-refractivity contribution in [3.63, 3.8) is 0 Å². The molecule has 38 heavy (non-hydrogen) atoms. The molecule has 0 saturated heterocycles. The van der Waals surface area contributed by atoms with Gasteiger partial charge in [-0.05, 0) is 59.7 Å². The highest BCUT2D eigenvalue weighted by atomic mass is 19.1. The van der Waals surface area contributed by atoms with Crippen molar-refractivity contribution in [2.75, 3.05) is 20.8 Å². The van der Waals surface area contributed by atoms with Gasteiger partial charge in [0.25, 0.3) is 11.8 Å². The van der Waals surface area contributed by atoms with E-state index in [1.165, 1.54) is 17.7 Å². The molecule has 0 unspecified atom stereocenters. The Morgan fingerprint density at radius 3 is 2.71 bits per heavy atom. The molecule has 2 heterocycles. The van der Waals surface area contributed by atoms with Gasteiger partial charge in [-0.2, -0.15) is 0 Å². The zero-order chi connectivity index (χ0) is 26.8. The maximum atomic E-state index is 13.5. The summed E-state index contributed by atoms with van der Waals surface area (Å²) in [4.78, 5) is 32.0. The third kappa shape index (κ3) is 5.52. The van der Waals surface area contributed by atoms with Crippen LogP contribution in [0.4, 0.5) is 4.39 Å². The third-order valence-corrected chi connectivity index (χ3v) is 6.87. The molecule has 2 aliphatic heterocycles. The number of carbonyl (C=O) groups is 2. The lowest BCUT2D eigenvalue weighted by Crippen LogP contribution is -2.40. The minimum Gasteiger partial charge on any atom is -0.351 e. The SMILES string of the molecule is Cc1cc(CNC(=O)C2=NCN(C)C(C(=O)N[C@H]3CCc4cc(CC5=NNN(C)N5)ccc43)=C2)ccc1F. The van der Waals surface area contributed by atoms with Gasteiger partial charge in [-0.1, -0.05) is 30.3 Å². The number of aliphatic imine (C=N–C) groups is 1. The van der Waals surface area contributed by atoms with Gasteiger partial charge in [0.05, 0.1) is 6.04 Å². The van der Waals surface area contributed by atoms with E-state index in [9.17, 15) is 14.0 Å².